The number of hydrogen-bond donors (Lipinski definition) is 4. The van der Waals surface area contributed by atoms with Gasteiger partial charge in [0.25, 0.3) is 5.56 Å². The molecule has 0 bridgehead atoms. The van der Waals surface area contributed by atoms with E-state index < -0.39 is 17.5 Å². The van der Waals surface area contributed by atoms with E-state index in [4.69, 9.17) is 15.6 Å². The molecule has 204 valence electrons. The molecule has 0 aliphatic rings. The lowest BCUT2D eigenvalue weighted by atomic mass is 10.2. The van der Waals surface area contributed by atoms with Crippen LogP contribution in [0.4, 0.5) is 5.82 Å². The van der Waals surface area contributed by atoms with E-state index in [0.717, 1.165) is 11.1 Å². The number of hydrogen-bond acceptors (Lipinski definition) is 9. The molecule has 0 aliphatic heterocycles. The van der Waals surface area contributed by atoms with Gasteiger partial charge in [0.2, 0.25) is 5.91 Å². The molecule has 0 spiro atoms. The lowest BCUT2D eigenvalue weighted by molar-refractivity contribution is -0.128. The average molecular weight is 549 g/mol. The Balaban J connectivity index is 1.66. The van der Waals surface area contributed by atoms with Crippen molar-refractivity contribution in [3.8, 4) is 0 Å². The molecule has 0 saturated carbocycles. The minimum absolute atomic E-state index is 0.00994. The van der Waals surface area contributed by atoms with Gasteiger partial charge in [-0.3, -0.25) is 19.0 Å². The van der Waals surface area contributed by atoms with Crippen LogP contribution in [-0.2, 0) is 26.7 Å². The van der Waals surface area contributed by atoms with Crippen LogP contribution in [0.1, 0.15) is 24.1 Å². The van der Waals surface area contributed by atoms with Crippen LogP contribution in [0.25, 0.3) is 0 Å². The first-order valence-corrected chi connectivity index (χ1v) is 13.5. The molecule has 4 N–H and O–H groups in total. The number of anilines is 1. The summed E-state index contributed by atoms with van der Waals surface area (Å²) < 4.78 is 6.99. The molecule has 0 aliphatic carbocycles. The normalized spacial score (nSPS) is 11.4. The molecule has 1 atom stereocenters. The summed E-state index contributed by atoms with van der Waals surface area (Å²) in [6.45, 7) is 1.37. The number of nitrogens with one attached hydrogen (secondary N) is 4. The molecular weight excluding hydrogens is 516 g/mol. The van der Waals surface area contributed by atoms with Crippen LogP contribution < -0.4 is 16.2 Å². The molecule has 3 aromatic rings. The molecule has 1 unspecified atom stereocenters. The third kappa shape index (κ3) is 9.62. The number of carbonyl (C=O) groups excluding carboxylic acids is 2. The van der Waals surface area contributed by atoms with E-state index in [9.17, 15) is 14.4 Å². The lowest BCUT2D eigenvalue weighted by Crippen LogP contribution is -2.42. The molecule has 10 nitrogen and oxygen atoms in total. The van der Waals surface area contributed by atoms with Gasteiger partial charge in [0, 0.05) is 18.1 Å². The van der Waals surface area contributed by atoms with Crippen molar-refractivity contribution in [2.45, 2.75) is 25.3 Å². The Hall–Kier alpha value is -4.09. The molecule has 3 rings (SSSR count). The Morgan fingerprint density at radius 2 is 1.69 bits per heavy atom. The number of nitrogens with zero attached hydrogens (tertiary/aromatic N) is 2. The van der Waals surface area contributed by atoms with E-state index in [1.54, 1.807) is 0 Å². The summed E-state index contributed by atoms with van der Waals surface area (Å²) in [5.41, 5.74) is 1.52. The zero-order valence-corrected chi connectivity index (χ0v) is 22.5. The summed E-state index contributed by atoms with van der Waals surface area (Å²) in [6.07, 6.45) is 2.75. The van der Waals surface area contributed by atoms with Crippen LogP contribution in [0.5, 0.6) is 0 Å². The van der Waals surface area contributed by atoms with Crippen molar-refractivity contribution in [3.05, 3.63) is 94.5 Å². The second-order valence-electron chi connectivity index (χ2n) is 8.70. The fraction of sp³-hybridized carbons (Fsp3) is 0.286. The summed E-state index contributed by atoms with van der Waals surface area (Å²) >= 11 is 1.47. The van der Waals surface area contributed by atoms with Gasteiger partial charge in [-0.1, -0.05) is 60.7 Å². The largest absolute Gasteiger partial charge is 0.374 e. The van der Waals surface area contributed by atoms with E-state index in [1.807, 2.05) is 60.7 Å². The molecule has 1 heterocycles. The Kier molecular flexibility index (Phi) is 11.6. The molecule has 1 aromatic heterocycles. The predicted molar refractivity (Wildman–Crippen MR) is 154 cm³/mol. The highest BCUT2D eigenvalue weighted by Gasteiger charge is 2.24. The van der Waals surface area contributed by atoms with Crippen LogP contribution in [0, 0.1) is 10.8 Å². The van der Waals surface area contributed by atoms with Crippen LogP contribution in [-0.4, -0.2) is 58.1 Å². The zero-order valence-electron chi connectivity index (χ0n) is 21.7. The maximum atomic E-state index is 13.2. The fourth-order valence-electron chi connectivity index (χ4n) is 3.45. The van der Waals surface area contributed by atoms with E-state index in [-0.39, 0.29) is 55.1 Å². The van der Waals surface area contributed by atoms with E-state index >= 15 is 0 Å². The Bertz CT molecular complexity index is 1330. The quantitative estimate of drug-likeness (QED) is 0.201. The summed E-state index contributed by atoms with van der Waals surface area (Å²) in [7, 11) is 0. The van der Waals surface area contributed by atoms with Crippen molar-refractivity contribution in [1.29, 1.82) is 10.8 Å². The fourth-order valence-corrected chi connectivity index (χ4v) is 4.31. The topological polar surface area (TPSA) is 150 Å². The number of ether oxygens (including phenoxy) is 1. The zero-order chi connectivity index (χ0) is 28.0. The van der Waals surface area contributed by atoms with Gasteiger partial charge in [-0.15, -0.1) is 11.8 Å². The van der Waals surface area contributed by atoms with E-state index in [2.05, 4.69) is 15.6 Å². The molecule has 1 amide bonds. The van der Waals surface area contributed by atoms with Gasteiger partial charge < -0.3 is 26.2 Å². The number of ketones is 1. The summed E-state index contributed by atoms with van der Waals surface area (Å²) in [5, 5.41) is 20.7. The van der Waals surface area contributed by atoms with Crippen LogP contribution in [0.3, 0.4) is 0 Å². The number of thioether (sulfide) groups is 1. The minimum Gasteiger partial charge on any atom is -0.374 e. The molecule has 0 fully saturated rings. The van der Waals surface area contributed by atoms with Crippen molar-refractivity contribution in [3.63, 3.8) is 0 Å². The van der Waals surface area contributed by atoms with Gasteiger partial charge in [-0.25, -0.2) is 4.98 Å². The monoisotopic (exact) mass is 548 g/mol. The SMILES string of the molecule is CC(=N)C(=N)CNc1nccn(C(COCc2ccccc2)C(=O)NCC(=O)CSCc2ccccc2)c1=O. The lowest BCUT2D eigenvalue weighted by Gasteiger charge is -2.20. The Morgan fingerprint density at radius 3 is 2.36 bits per heavy atom. The van der Waals surface area contributed by atoms with Crippen molar-refractivity contribution in [1.82, 2.24) is 14.9 Å². The number of benzene rings is 2. The summed E-state index contributed by atoms with van der Waals surface area (Å²) in [4.78, 5) is 42.8. The minimum atomic E-state index is -1.06. The first-order chi connectivity index (χ1) is 18.8. The number of Topliss-reactive ketones (excluding diaryl/α,β-unsaturated/α-hetero) is 1. The smallest absolute Gasteiger partial charge is 0.294 e. The van der Waals surface area contributed by atoms with Gasteiger partial charge in [-0.2, -0.15) is 0 Å². The first-order valence-electron chi connectivity index (χ1n) is 12.3. The number of carbonyl (C=O) groups is 2. The maximum Gasteiger partial charge on any atom is 0.294 e. The highest BCUT2D eigenvalue weighted by atomic mass is 32.2. The van der Waals surface area contributed by atoms with E-state index in [0.29, 0.717) is 5.75 Å². The standard InChI is InChI=1S/C28H32N6O4S/c1-20(29)24(30)15-32-26-28(37)34(13-12-31-26)25(17-38-16-21-8-4-2-5-9-21)27(36)33-14-23(35)19-39-18-22-10-6-3-7-11-22/h2-13,25,29-30H,14-19H2,1H3,(H,31,32)(H,33,36). The summed E-state index contributed by atoms with van der Waals surface area (Å²) in [5.74, 6) is 0.197. The molecule has 39 heavy (non-hydrogen) atoms. The van der Waals surface area contributed by atoms with Crippen LogP contribution in [0.2, 0.25) is 0 Å². The highest BCUT2D eigenvalue weighted by molar-refractivity contribution is 7.99. The van der Waals surface area contributed by atoms with Gasteiger partial charge in [0.15, 0.2) is 11.6 Å². The molecule has 2 aromatic carbocycles. The van der Waals surface area contributed by atoms with Crippen LogP contribution >= 0.6 is 11.8 Å². The summed E-state index contributed by atoms with van der Waals surface area (Å²) in [6, 6.07) is 18.2. The van der Waals surface area contributed by atoms with Crippen molar-refractivity contribution >= 4 is 40.7 Å². The van der Waals surface area contributed by atoms with Gasteiger partial charge in [0.05, 0.1) is 43.5 Å². The third-order valence-corrected chi connectivity index (χ3v) is 6.68. The number of amides is 1. The maximum absolute atomic E-state index is 13.2. The average Bonchev–Trinajstić information content (AvgIpc) is 2.94. The highest BCUT2D eigenvalue weighted by Crippen LogP contribution is 2.12. The Labute approximate surface area is 231 Å². The van der Waals surface area contributed by atoms with Gasteiger partial charge >= 0.3 is 0 Å². The van der Waals surface area contributed by atoms with E-state index in [1.165, 1.54) is 35.6 Å². The van der Waals surface area contributed by atoms with Crippen molar-refractivity contribution < 1.29 is 14.3 Å². The number of rotatable bonds is 16. The second-order valence-corrected chi connectivity index (χ2v) is 9.68. The predicted octanol–water partition coefficient (Wildman–Crippen LogP) is 3.09. The van der Waals surface area contributed by atoms with Gasteiger partial charge in [0.1, 0.15) is 6.04 Å². The molecular formula is C28H32N6O4S. The Morgan fingerprint density at radius 1 is 1.03 bits per heavy atom. The van der Waals surface area contributed by atoms with Crippen molar-refractivity contribution in [2.24, 2.45) is 0 Å². The molecule has 0 saturated heterocycles. The molecule has 0 radical (unpaired) electrons. The van der Waals surface area contributed by atoms with Crippen molar-refractivity contribution in [2.75, 3.05) is 30.8 Å². The third-order valence-electron chi connectivity index (χ3n) is 5.61. The van der Waals surface area contributed by atoms with Gasteiger partial charge in [-0.05, 0) is 18.1 Å². The first kappa shape index (κ1) is 29.5. The second kappa shape index (κ2) is 15.4. The number of aromatic nitrogens is 2. The van der Waals surface area contributed by atoms with Crippen LogP contribution in [0.15, 0.2) is 77.9 Å². The molecule has 11 heteroatoms.